The fraction of sp³-hybridized carbons (Fsp3) is 0.786. The Morgan fingerprint density at radius 3 is 3.00 bits per heavy atom. The van der Waals surface area contributed by atoms with E-state index in [9.17, 15) is 0 Å². The van der Waals surface area contributed by atoms with Crippen molar-refractivity contribution in [3.63, 3.8) is 0 Å². The molecular formula is C14H25N3. The van der Waals surface area contributed by atoms with E-state index in [4.69, 9.17) is 0 Å². The Labute approximate surface area is 104 Å². The first kappa shape index (κ1) is 12.6. The molecule has 2 rings (SSSR count). The predicted molar refractivity (Wildman–Crippen MR) is 70.8 cm³/mol. The first-order chi connectivity index (χ1) is 8.29. The molecule has 2 N–H and O–H groups in total. The summed E-state index contributed by atoms with van der Waals surface area (Å²) < 4.78 is 0. The molecule has 1 saturated carbocycles. The third kappa shape index (κ3) is 3.56. The average Bonchev–Trinajstić information content (AvgIpc) is 2.78. The van der Waals surface area contributed by atoms with Crippen molar-refractivity contribution in [1.29, 1.82) is 0 Å². The van der Waals surface area contributed by atoms with Crippen LogP contribution in [0.4, 0.5) is 0 Å². The van der Waals surface area contributed by atoms with Crippen molar-refractivity contribution in [3.8, 4) is 0 Å². The number of rotatable bonds is 4. The van der Waals surface area contributed by atoms with Crippen LogP contribution in [-0.4, -0.2) is 16.0 Å². The second-order valence-corrected chi connectivity index (χ2v) is 5.41. The molecule has 3 atom stereocenters. The standard InChI is InChI=1S/C14H25N3/c1-3-13(14-15-9-10-16-14)17-12-6-4-5-11(2)7-8-12/h9-13,17H,3-8H2,1-2H3,(H,15,16). The summed E-state index contributed by atoms with van der Waals surface area (Å²) in [4.78, 5) is 7.60. The highest BCUT2D eigenvalue weighted by Crippen LogP contribution is 2.24. The molecule has 17 heavy (non-hydrogen) atoms. The third-order valence-corrected chi connectivity index (χ3v) is 3.95. The van der Waals surface area contributed by atoms with Gasteiger partial charge in [0.25, 0.3) is 0 Å². The van der Waals surface area contributed by atoms with Gasteiger partial charge in [0.15, 0.2) is 0 Å². The molecule has 0 spiro atoms. The number of hydrogen-bond donors (Lipinski definition) is 2. The Kier molecular flexibility index (Phi) is 4.60. The van der Waals surface area contributed by atoms with Crippen molar-refractivity contribution in [1.82, 2.24) is 15.3 Å². The predicted octanol–water partition coefficient (Wildman–Crippen LogP) is 3.42. The number of H-pyrrole nitrogens is 1. The maximum Gasteiger partial charge on any atom is 0.123 e. The summed E-state index contributed by atoms with van der Waals surface area (Å²) in [5.41, 5.74) is 0. The smallest absolute Gasteiger partial charge is 0.123 e. The molecule has 3 unspecified atom stereocenters. The highest BCUT2D eigenvalue weighted by molar-refractivity contribution is 4.96. The van der Waals surface area contributed by atoms with Crippen molar-refractivity contribution in [2.45, 2.75) is 64.5 Å². The minimum atomic E-state index is 0.392. The molecule has 1 heterocycles. The zero-order valence-electron chi connectivity index (χ0n) is 11.1. The minimum Gasteiger partial charge on any atom is -0.347 e. The van der Waals surface area contributed by atoms with Crippen LogP contribution in [0.1, 0.15) is 64.2 Å². The van der Waals surface area contributed by atoms with E-state index in [2.05, 4.69) is 29.1 Å². The fourth-order valence-corrected chi connectivity index (χ4v) is 2.80. The lowest BCUT2D eigenvalue weighted by Crippen LogP contribution is -2.32. The van der Waals surface area contributed by atoms with E-state index in [1.54, 1.807) is 0 Å². The Hall–Kier alpha value is -0.830. The SMILES string of the molecule is CCC(NC1CCCC(C)CC1)c1ncc[nH]1. The highest BCUT2D eigenvalue weighted by Gasteiger charge is 2.20. The van der Waals surface area contributed by atoms with Crippen molar-refractivity contribution in [3.05, 3.63) is 18.2 Å². The van der Waals surface area contributed by atoms with Gasteiger partial charge in [0.05, 0.1) is 6.04 Å². The number of aromatic amines is 1. The fourth-order valence-electron chi connectivity index (χ4n) is 2.80. The highest BCUT2D eigenvalue weighted by atomic mass is 15.0. The molecule has 0 amide bonds. The van der Waals surface area contributed by atoms with Crippen molar-refractivity contribution >= 4 is 0 Å². The molecule has 1 aromatic rings. The van der Waals surface area contributed by atoms with Gasteiger partial charge in [0.2, 0.25) is 0 Å². The molecule has 0 radical (unpaired) electrons. The summed E-state index contributed by atoms with van der Waals surface area (Å²) >= 11 is 0. The van der Waals surface area contributed by atoms with Crippen LogP contribution in [0, 0.1) is 5.92 Å². The number of hydrogen-bond acceptors (Lipinski definition) is 2. The van der Waals surface area contributed by atoms with Crippen LogP contribution in [0.15, 0.2) is 12.4 Å². The Balaban J connectivity index is 1.90. The third-order valence-electron chi connectivity index (χ3n) is 3.95. The second kappa shape index (κ2) is 6.20. The Morgan fingerprint density at radius 1 is 1.41 bits per heavy atom. The van der Waals surface area contributed by atoms with Crippen molar-refractivity contribution < 1.29 is 0 Å². The van der Waals surface area contributed by atoms with Gasteiger partial charge in [-0.15, -0.1) is 0 Å². The number of imidazole rings is 1. The molecule has 0 bridgehead atoms. The number of aromatic nitrogens is 2. The van der Waals surface area contributed by atoms with Gasteiger partial charge in [-0.1, -0.05) is 26.7 Å². The Bertz CT molecular complexity index is 307. The van der Waals surface area contributed by atoms with Gasteiger partial charge in [0.1, 0.15) is 5.82 Å². The zero-order valence-corrected chi connectivity index (χ0v) is 11.1. The first-order valence-electron chi connectivity index (χ1n) is 7.05. The average molecular weight is 235 g/mol. The van der Waals surface area contributed by atoms with Crippen LogP contribution in [0.3, 0.4) is 0 Å². The summed E-state index contributed by atoms with van der Waals surface area (Å²) in [6, 6.07) is 1.07. The molecule has 3 heteroatoms. The number of nitrogens with one attached hydrogen (secondary N) is 2. The molecular weight excluding hydrogens is 210 g/mol. The van der Waals surface area contributed by atoms with E-state index in [1.165, 1.54) is 32.1 Å². The maximum atomic E-state index is 4.37. The van der Waals surface area contributed by atoms with Gasteiger partial charge < -0.3 is 10.3 Å². The molecule has 96 valence electrons. The molecule has 1 aliphatic rings. The summed E-state index contributed by atoms with van der Waals surface area (Å²) in [7, 11) is 0. The van der Waals surface area contributed by atoms with E-state index >= 15 is 0 Å². The van der Waals surface area contributed by atoms with Gasteiger partial charge >= 0.3 is 0 Å². The maximum absolute atomic E-state index is 4.37. The number of nitrogens with zero attached hydrogens (tertiary/aromatic N) is 1. The quantitative estimate of drug-likeness (QED) is 0.785. The van der Waals surface area contributed by atoms with Crippen molar-refractivity contribution in [2.75, 3.05) is 0 Å². The van der Waals surface area contributed by atoms with Crippen LogP contribution in [0.25, 0.3) is 0 Å². The lowest BCUT2D eigenvalue weighted by molar-refractivity contribution is 0.379. The van der Waals surface area contributed by atoms with Crippen LogP contribution in [0.5, 0.6) is 0 Å². The summed E-state index contributed by atoms with van der Waals surface area (Å²) in [5, 5.41) is 3.77. The van der Waals surface area contributed by atoms with Crippen molar-refractivity contribution in [2.24, 2.45) is 5.92 Å². The molecule has 1 aliphatic carbocycles. The zero-order chi connectivity index (χ0) is 12.1. The molecule has 1 aromatic heterocycles. The van der Waals surface area contributed by atoms with Crippen LogP contribution in [0.2, 0.25) is 0 Å². The molecule has 3 nitrogen and oxygen atoms in total. The van der Waals surface area contributed by atoms with Crippen LogP contribution in [-0.2, 0) is 0 Å². The second-order valence-electron chi connectivity index (χ2n) is 5.41. The van der Waals surface area contributed by atoms with Crippen LogP contribution >= 0.6 is 0 Å². The Morgan fingerprint density at radius 2 is 2.29 bits per heavy atom. The van der Waals surface area contributed by atoms with Gasteiger partial charge in [0, 0.05) is 18.4 Å². The van der Waals surface area contributed by atoms with Gasteiger partial charge in [-0.25, -0.2) is 4.98 Å². The molecule has 0 saturated heterocycles. The monoisotopic (exact) mass is 235 g/mol. The summed E-state index contributed by atoms with van der Waals surface area (Å²) in [6.07, 6.45) is 11.6. The van der Waals surface area contributed by atoms with Gasteiger partial charge in [-0.3, -0.25) is 0 Å². The van der Waals surface area contributed by atoms with Gasteiger partial charge in [-0.2, -0.15) is 0 Å². The van der Waals surface area contributed by atoms with E-state index in [0.717, 1.165) is 18.2 Å². The lowest BCUT2D eigenvalue weighted by atomic mass is 10.0. The first-order valence-corrected chi connectivity index (χ1v) is 7.05. The molecule has 1 fully saturated rings. The molecule has 0 aromatic carbocycles. The normalized spacial score (nSPS) is 27.6. The topological polar surface area (TPSA) is 40.7 Å². The summed E-state index contributed by atoms with van der Waals surface area (Å²) in [6.45, 7) is 4.60. The largest absolute Gasteiger partial charge is 0.347 e. The van der Waals surface area contributed by atoms with E-state index in [1.807, 2.05) is 12.4 Å². The minimum absolute atomic E-state index is 0.392. The van der Waals surface area contributed by atoms with Crippen LogP contribution < -0.4 is 5.32 Å². The van der Waals surface area contributed by atoms with E-state index < -0.39 is 0 Å². The lowest BCUT2D eigenvalue weighted by Gasteiger charge is -2.22. The van der Waals surface area contributed by atoms with Gasteiger partial charge in [-0.05, 0) is 31.6 Å². The summed E-state index contributed by atoms with van der Waals surface area (Å²) in [5.74, 6) is 2.00. The molecule has 0 aliphatic heterocycles. The van der Waals surface area contributed by atoms with E-state index in [0.29, 0.717) is 12.1 Å². The van der Waals surface area contributed by atoms with E-state index in [-0.39, 0.29) is 0 Å².